The van der Waals surface area contributed by atoms with Crippen LogP contribution in [0.5, 0.6) is 0 Å². The Kier molecular flexibility index (Phi) is 5.82. The monoisotopic (exact) mass is 384 g/mol. The van der Waals surface area contributed by atoms with Gasteiger partial charge in [0, 0.05) is 17.3 Å². The van der Waals surface area contributed by atoms with Gasteiger partial charge in [-0.15, -0.1) is 0 Å². The number of rotatable bonds is 7. The first-order valence-electron chi connectivity index (χ1n) is 9.32. The second kappa shape index (κ2) is 8.29. The summed E-state index contributed by atoms with van der Waals surface area (Å²) in [6, 6.07) is 9.01. The quantitative estimate of drug-likeness (QED) is 0.716. The molecule has 1 aromatic carbocycles. The molecule has 7 heteroatoms. The minimum atomic E-state index is -1.07. The lowest BCUT2D eigenvalue weighted by atomic mass is 10.1. The van der Waals surface area contributed by atoms with E-state index >= 15 is 0 Å². The van der Waals surface area contributed by atoms with Crippen molar-refractivity contribution in [2.24, 2.45) is 0 Å². The number of nitrogens with one attached hydrogen (secondary N) is 2. The zero-order valence-corrected chi connectivity index (χ0v) is 16.2. The number of hydrogen-bond acceptors (Lipinski definition) is 5. The number of aromatic nitrogens is 1. The van der Waals surface area contributed by atoms with Gasteiger partial charge in [0.1, 0.15) is 5.69 Å². The molecule has 0 spiro atoms. The fourth-order valence-corrected chi connectivity index (χ4v) is 3.08. The van der Waals surface area contributed by atoms with E-state index in [1.54, 1.807) is 31.2 Å². The van der Waals surface area contributed by atoms with Gasteiger partial charge in [-0.1, -0.05) is 37.3 Å². The van der Waals surface area contributed by atoms with Gasteiger partial charge in [-0.2, -0.15) is 0 Å². The first-order valence-corrected chi connectivity index (χ1v) is 9.32. The van der Waals surface area contributed by atoms with Crippen molar-refractivity contribution < 1.29 is 23.9 Å². The van der Waals surface area contributed by atoms with E-state index in [1.165, 1.54) is 7.11 Å². The predicted octanol–water partition coefficient (Wildman–Crippen LogP) is 2.85. The SMILES string of the molecule is CCc1[nH]c(C(=O)OC(C(=O)NC2CC2)c2ccccc2)c(C)c1C(=O)OC. The molecule has 148 valence electrons. The highest BCUT2D eigenvalue weighted by Crippen LogP contribution is 2.26. The normalized spacial score (nSPS) is 14.2. The molecule has 0 aliphatic heterocycles. The van der Waals surface area contributed by atoms with Gasteiger partial charge in [-0.05, 0) is 31.7 Å². The van der Waals surface area contributed by atoms with Crippen LogP contribution in [-0.2, 0) is 20.7 Å². The molecule has 7 nitrogen and oxygen atoms in total. The van der Waals surface area contributed by atoms with E-state index in [-0.39, 0.29) is 17.6 Å². The van der Waals surface area contributed by atoms with Gasteiger partial charge in [0.2, 0.25) is 6.10 Å². The van der Waals surface area contributed by atoms with Crippen LogP contribution in [0, 0.1) is 6.92 Å². The lowest BCUT2D eigenvalue weighted by molar-refractivity contribution is -0.130. The average Bonchev–Trinajstić information content (AvgIpc) is 3.45. The molecule has 1 aliphatic carbocycles. The van der Waals surface area contributed by atoms with E-state index in [0.29, 0.717) is 28.8 Å². The molecule has 2 aromatic rings. The summed E-state index contributed by atoms with van der Waals surface area (Å²) in [7, 11) is 1.29. The van der Waals surface area contributed by atoms with Crippen molar-refractivity contribution in [2.45, 2.75) is 45.3 Å². The van der Waals surface area contributed by atoms with Gasteiger partial charge >= 0.3 is 11.9 Å². The number of amides is 1. The van der Waals surface area contributed by atoms with E-state index in [9.17, 15) is 14.4 Å². The minimum absolute atomic E-state index is 0.141. The predicted molar refractivity (Wildman–Crippen MR) is 102 cm³/mol. The van der Waals surface area contributed by atoms with Crippen molar-refractivity contribution in [3.8, 4) is 0 Å². The molecule has 3 rings (SSSR count). The molecule has 1 amide bonds. The van der Waals surface area contributed by atoms with Crippen molar-refractivity contribution >= 4 is 17.8 Å². The van der Waals surface area contributed by atoms with Crippen LogP contribution in [0.15, 0.2) is 30.3 Å². The van der Waals surface area contributed by atoms with E-state index in [4.69, 9.17) is 9.47 Å². The van der Waals surface area contributed by atoms with Gasteiger partial charge in [0.05, 0.1) is 12.7 Å². The van der Waals surface area contributed by atoms with Crippen LogP contribution >= 0.6 is 0 Å². The first kappa shape index (κ1) is 19.7. The molecular formula is C21H24N2O5. The van der Waals surface area contributed by atoms with Crippen LogP contribution in [0.25, 0.3) is 0 Å². The summed E-state index contributed by atoms with van der Waals surface area (Å²) in [6.07, 6.45) is 1.31. The molecule has 2 N–H and O–H groups in total. The Morgan fingerprint density at radius 1 is 1.18 bits per heavy atom. The van der Waals surface area contributed by atoms with Crippen LogP contribution in [-0.4, -0.2) is 36.0 Å². The maximum atomic E-state index is 12.9. The zero-order valence-electron chi connectivity index (χ0n) is 16.2. The summed E-state index contributed by atoms with van der Waals surface area (Å²) in [6.45, 7) is 3.52. The molecule has 0 saturated heterocycles. The van der Waals surface area contributed by atoms with Crippen LogP contribution in [0.4, 0.5) is 0 Å². The van der Waals surface area contributed by atoms with Crippen molar-refractivity contribution in [2.75, 3.05) is 7.11 Å². The number of esters is 2. The average molecular weight is 384 g/mol. The summed E-state index contributed by atoms with van der Waals surface area (Å²) in [5.74, 6) is -1.56. The summed E-state index contributed by atoms with van der Waals surface area (Å²) in [5, 5.41) is 2.88. The number of methoxy groups -OCH3 is 1. The number of H-pyrrole nitrogens is 1. The fourth-order valence-electron chi connectivity index (χ4n) is 3.08. The number of aryl methyl sites for hydroxylation is 1. The number of carbonyl (C=O) groups is 3. The lowest BCUT2D eigenvalue weighted by Crippen LogP contribution is -2.33. The fraction of sp³-hybridized carbons (Fsp3) is 0.381. The summed E-state index contributed by atoms with van der Waals surface area (Å²) < 4.78 is 10.4. The molecule has 1 aliphatic rings. The Hall–Kier alpha value is -3.09. The maximum Gasteiger partial charge on any atom is 0.356 e. The van der Waals surface area contributed by atoms with Crippen LogP contribution < -0.4 is 5.32 Å². The zero-order chi connectivity index (χ0) is 20.3. The molecule has 1 atom stereocenters. The van der Waals surface area contributed by atoms with Crippen LogP contribution in [0.3, 0.4) is 0 Å². The molecule has 0 bridgehead atoms. The maximum absolute atomic E-state index is 12.9. The van der Waals surface area contributed by atoms with E-state index in [2.05, 4.69) is 10.3 Å². The Bertz CT molecular complexity index is 884. The van der Waals surface area contributed by atoms with Gasteiger partial charge in [0.15, 0.2) is 0 Å². The second-order valence-electron chi connectivity index (χ2n) is 6.80. The molecule has 0 radical (unpaired) electrons. The Labute approximate surface area is 163 Å². The van der Waals surface area contributed by atoms with Gasteiger partial charge in [-0.3, -0.25) is 4.79 Å². The van der Waals surface area contributed by atoms with Gasteiger partial charge in [-0.25, -0.2) is 9.59 Å². The van der Waals surface area contributed by atoms with Gasteiger partial charge < -0.3 is 19.8 Å². The first-order chi connectivity index (χ1) is 13.5. The van der Waals surface area contributed by atoms with Crippen LogP contribution in [0.1, 0.15) is 63.5 Å². The Morgan fingerprint density at radius 3 is 2.43 bits per heavy atom. The molecule has 1 saturated carbocycles. The Balaban J connectivity index is 1.88. The van der Waals surface area contributed by atoms with Crippen molar-refractivity contribution in [3.05, 3.63) is 58.4 Å². The van der Waals surface area contributed by atoms with Crippen LogP contribution in [0.2, 0.25) is 0 Å². The standard InChI is InChI=1S/C21H24N2O5/c1-4-15-16(20(25)27-3)12(2)17(23-15)21(26)28-18(13-8-6-5-7-9-13)19(24)22-14-10-11-14/h5-9,14,18,23H,4,10-11H2,1-3H3,(H,22,24). The third kappa shape index (κ3) is 4.08. The molecule has 1 aromatic heterocycles. The molecule has 1 heterocycles. The highest BCUT2D eigenvalue weighted by Gasteiger charge is 2.32. The largest absolute Gasteiger partial charge is 0.465 e. The highest BCUT2D eigenvalue weighted by molar-refractivity contribution is 5.99. The third-order valence-corrected chi connectivity index (χ3v) is 4.76. The summed E-state index contributed by atoms with van der Waals surface area (Å²) in [4.78, 5) is 40.5. The minimum Gasteiger partial charge on any atom is -0.465 e. The summed E-state index contributed by atoms with van der Waals surface area (Å²) in [5.41, 5.74) is 2.10. The lowest BCUT2D eigenvalue weighted by Gasteiger charge is -2.18. The van der Waals surface area contributed by atoms with Crippen molar-refractivity contribution in [3.63, 3.8) is 0 Å². The van der Waals surface area contributed by atoms with E-state index in [0.717, 1.165) is 12.8 Å². The third-order valence-electron chi connectivity index (χ3n) is 4.76. The molecule has 28 heavy (non-hydrogen) atoms. The molecule has 1 unspecified atom stereocenters. The number of aromatic amines is 1. The number of carbonyl (C=O) groups excluding carboxylic acids is 3. The summed E-state index contributed by atoms with van der Waals surface area (Å²) >= 11 is 0. The van der Waals surface area contributed by atoms with Crippen molar-refractivity contribution in [1.82, 2.24) is 10.3 Å². The number of benzene rings is 1. The highest BCUT2D eigenvalue weighted by atomic mass is 16.5. The van der Waals surface area contributed by atoms with E-state index < -0.39 is 18.0 Å². The number of hydrogen-bond donors (Lipinski definition) is 2. The number of ether oxygens (including phenoxy) is 2. The van der Waals surface area contributed by atoms with Crippen molar-refractivity contribution in [1.29, 1.82) is 0 Å². The smallest absolute Gasteiger partial charge is 0.356 e. The van der Waals surface area contributed by atoms with E-state index in [1.807, 2.05) is 13.0 Å². The molecular weight excluding hydrogens is 360 g/mol. The topological polar surface area (TPSA) is 97.5 Å². The van der Waals surface area contributed by atoms with Gasteiger partial charge in [0.25, 0.3) is 5.91 Å². The second-order valence-corrected chi connectivity index (χ2v) is 6.80. The Morgan fingerprint density at radius 2 is 1.86 bits per heavy atom. The molecule has 1 fully saturated rings.